The van der Waals surface area contributed by atoms with Crippen LogP contribution in [-0.2, 0) is 6.61 Å². The van der Waals surface area contributed by atoms with Crippen molar-refractivity contribution in [3.8, 4) is 11.5 Å². The van der Waals surface area contributed by atoms with Crippen molar-refractivity contribution >= 4 is 18.4 Å². The molecule has 1 N–H and O–H groups in total. The fourth-order valence-corrected chi connectivity index (χ4v) is 2.29. The van der Waals surface area contributed by atoms with E-state index < -0.39 is 0 Å². The fraction of sp³-hybridized carbons (Fsp3) is 0.118. The lowest BCUT2D eigenvalue weighted by Crippen LogP contribution is -2.04. The number of aromatic amines is 1. The highest BCUT2D eigenvalue weighted by Gasteiger charge is 2.06. The first kappa shape index (κ1) is 15.9. The summed E-state index contributed by atoms with van der Waals surface area (Å²) in [5, 5.41) is 11.3. The molecule has 0 bridgehead atoms. The van der Waals surface area contributed by atoms with Crippen molar-refractivity contribution in [2.24, 2.45) is 5.10 Å². The summed E-state index contributed by atoms with van der Waals surface area (Å²) in [6.45, 7) is 0.250. The SMILES string of the molecule is COc1ccccc1/C=N/n1c(COc2ccccc2)n[nH]c1=S. The van der Waals surface area contributed by atoms with Gasteiger partial charge in [0, 0.05) is 5.56 Å². The lowest BCUT2D eigenvalue weighted by molar-refractivity contribution is 0.290. The topological polar surface area (TPSA) is 64.4 Å². The first-order valence-corrected chi connectivity index (χ1v) is 7.70. The van der Waals surface area contributed by atoms with Crippen molar-refractivity contribution in [2.45, 2.75) is 6.61 Å². The molecule has 24 heavy (non-hydrogen) atoms. The van der Waals surface area contributed by atoms with Crippen molar-refractivity contribution < 1.29 is 9.47 Å². The summed E-state index contributed by atoms with van der Waals surface area (Å²) in [5.41, 5.74) is 0.845. The molecule has 0 amide bonds. The summed E-state index contributed by atoms with van der Waals surface area (Å²) in [5.74, 6) is 2.07. The number of benzene rings is 2. The summed E-state index contributed by atoms with van der Waals surface area (Å²) in [6.07, 6.45) is 1.68. The highest BCUT2D eigenvalue weighted by molar-refractivity contribution is 7.71. The molecule has 6 nitrogen and oxygen atoms in total. The van der Waals surface area contributed by atoms with E-state index in [1.807, 2.05) is 54.6 Å². The highest BCUT2D eigenvalue weighted by Crippen LogP contribution is 2.15. The van der Waals surface area contributed by atoms with Crippen LogP contribution in [0.1, 0.15) is 11.4 Å². The number of nitrogens with one attached hydrogen (secondary N) is 1. The summed E-state index contributed by atoms with van der Waals surface area (Å²) >= 11 is 5.22. The predicted octanol–water partition coefficient (Wildman–Crippen LogP) is 3.41. The minimum atomic E-state index is 0.250. The van der Waals surface area contributed by atoms with E-state index in [0.717, 1.165) is 17.1 Å². The molecule has 7 heteroatoms. The van der Waals surface area contributed by atoms with Gasteiger partial charge in [0.1, 0.15) is 18.1 Å². The van der Waals surface area contributed by atoms with Crippen LogP contribution in [0.2, 0.25) is 0 Å². The monoisotopic (exact) mass is 340 g/mol. The predicted molar refractivity (Wildman–Crippen MR) is 94.2 cm³/mol. The standard InChI is InChI=1S/C17H16N4O2S/c1-22-15-10-6-5-7-13(15)11-18-21-16(19-20-17(21)24)12-23-14-8-3-2-4-9-14/h2-11H,12H2,1H3,(H,20,24)/b18-11+. The van der Waals surface area contributed by atoms with Crippen LogP contribution in [0.15, 0.2) is 59.7 Å². The molecule has 0 aliphatic carbocycles. The summed E-state index contributed by atoms with van der Waals surface area (Å²) in [6, 6.07) is 17.1. The molecule has 0 atom stereocenters. The second-order valence-electron chi connectivity index (χ2n) is 4.85. The van der Waals surface area contributed by atoms with E-state index >= 15 is 0 Å². The van der Waals surface area contributed by atoms with Crippen LogP contribution in [0.4, 0.5) is 0 Å². The zero-order valence-corrected chi connectivity index (χ0v) is 13.9. The van der Waals surface area contributed by atoms with E-state index in [1.54, 1.807) is 13.3 Å². The molecule has 1 aromatic heterocycles. The molecule has 3 rings (SSSR count). The number of methoxy groups -OCH3 is 1. The van der Waals surface area contributed by atoms with Gasteiger partial charge < -0.3 is 9.47 Å². The van der Waals surface area contributed by atoms with Crippen LogP contribution in [0.25, 0.3) is 0 Å². The fourth-order valence-electron chi connectivity index (χ4n) is 2.09. The molecule has 0 saturated carbocycles. The van der Waals surface area contributed by atoms with Gasteiger partial charge in [-0.1, -0.05) is 30.3 Å². The average molecular weight is 340 g/mol. The van der Waals surface area contributed by atoms with Gasteiger partial charge >= 0.3 is 0 Å². The van der Waals surface area contributed by atoms with Gasteiger partial charge in [0.15, 0.2) is 5.82 Å². The van der Waals surface area contributed by atoms with Crippen molar-refractivity contribution in [1.82, 2.24) is 14.9 Å². The minimum absolute atomic E-state index is 0.250. The molecule has 122 valence electrons. The molecule has 3 aromatic rings. The number of para-hydroxylation sites is 2. The van der Waals surface area contributed by atoms with Crippen molar-refractivity contribution in [2.75, 3.05) is 7.11 Å². The molecule has 0 fully saturated rings. The number of rotatable bonds is 6. The summed E-state index contributed by atoms with van der Waals surface area (Å²) in [4.78, 5) is 0. The van der Waals surface area contributed by atoms with E-state index in [1.165, 1.54) is 4.68 Å². The molecule has 0 radical (unpaired) electrons. The Morgan fingerprint density at radius 1 is 1.17 bits per heavy atom. The van der Waals surface area contributed by atoms with Gasteiger partial charge in [-0.05, 0) is 36.5 Å². The van der Waals surface area contributed by atoms with Gasteiger partial charge in [0.2, 0.25) is 4.77 Å². The van der Waals surface area contributed by atoms with E-state index in [-0.39, 0.29) is 6.61 Å². The molecule has 0 aliphatic rings. The van der Waals surface area contributed by atoms with Crippen LogP contribution in [0, 0.1) is 4.77 Å². The highest BCUT2D eigenvalue weighted by atomic mass is 32.1. The van der Waals surface area contributed by atoms with Crippen LogP contribution in [-0.4, -0.2) is 28.2 Å². The Kier molecular flexibility index (Phi) is 5.02. The zero-order valence-electron chi connectivity index (χ0n) is 13.0. The molecular formula is C17H16N4O2S. The summed E-state index contributed by atoms with van der Waals surface area (Å²) in [7, 11) is 1.62. The van der Waals surface area contributed by atoms with Crippen LogP contribution in [0.3, 0.4) is 0 Å². The van der Waals surface area contributed by atoms with Crippen LogP contribution in [0.5, 0.6) is 11.5 Å². The van der Waals surface area contributed by atoms with Gasteiger partial charge in [-0.25, -0.2) is 5.10 Å². The van der Waals surface area contributed by atoms with Crippen LogP contribution < -0.4 is 9.47 Å². The minimum Gasteiger partial charge on any atom is -0.496 e. The Labute approximate surface area is 144 Å². The summed E-state index contributed by atoms with van der Waals surface area (Å²) < 4.78 is 12.9. The molecular weight excluding hydrogens is 324 g/mol. The molecule has 2 aromatic carbocycles. The molecule has 0 unspecified atom stereocenters. The Hall–Kier alpha value is -2.93. The van der Waals surface area contributed by atoms with Gasteiger partial charge in [-0.15, -0.1) is 0 Å². The smallest absolute Gasteiger partial charge is 0.216 e. The first-order chi connectivity index (χ1) is 11.8. The third-order valence-electron chi connectivity index (χ3n) is 3.28. The maximum Gasteiger partial charge on any atom is 0.216 e. The Morgan fingerprint density at radius 3 is 2.71 bits per heavy atom. The van der Waals surface area contributed by atoms with Crippen molar-refractivity contribution in [3.63, 3.8) is 0 Å². The molecule has 0 saturated heterocycles. The first-order valence-electron chi connectivity index (χ1n) is 7.29. The molecule has 1 heterocycles. The number of nitrogens with zero attached hydrogens (tertiary/aromatic N) is 3. The third-order valence-corrected chi connectivity index (χ3v) is 3.54. The number of H-pyrrole nitrogens is 1. The maximum atomic E-state index is 5.69. The number of ether oxygens (including phenoxy) is 2. The van der Waals surface area contributed by atoms with Gasteiger partial charge in [0.25, 0.3) is 0 Å². The van der Waals surface area contributed by atoms with E-state index in [9.17, 15) is 0 Å². The molecule has 0 spiro atoms. The molecule has 0 aliphatic heterocycles. The maximum absolute atomic E-state index is 5.69. The lowest BCUT2D eigenvalue weighted by atomic mass is 10.2. The Balaban J connectivity index is 1.80. The second-order valence-corrected chi connectivity index (χ2v) is 5.23. The average Bonchev–Trinajstić information content (AvgIpc) is 2.99. The van der Waals surface area contributed by atoms with Gasteiger partial charge in [-0.3, -0.25) is 0 Å². The van der Waals surface area contributed by atoms with E-state index in [2.05, 4.69) is 15.3 Å². The lowest BCUT2D eigenvalue weighted by Gasteiger charge is -2.05. The number of hydrogen-bond donors (Lipinski definition) is 1. The van der Waals surface area contributed by atoms with Gasteiger partial charge in [0.05, 0.1) is 13.3 Å². The Morgan fingerprint density at radius 2 is 1.92 bits per heavy atom. The quantitative estimate of drug-likeness (QED) is 0.552. The van der Waals surface area contributed by atoms with E-state index in [4.69, 9.17) is 21.7 Å². The third kappa shape index (κ3) is 3.69. The second kappa shape index (κ2) is 7.56. The number of hydrogen-bond acceptors (Lipinski definition) is 5. The zero-order chi connectivity index (χ0) is 16.8. The van der Waals surface area contributed by atoms with E-state index in [0.29, 0.717) is 10.6 Å². The largest absolute Gasteiger partial charge is 0.496 e. The van der Waals surface area contributed by atoms with Crippen molar-refractivity contribution in [3.05, 3.63) is 70.8 Å². The van der Waals surface area contributed by atoms with Crippen LogP contribution >= 0.6 is 12.2 Å². The van der Waals surface area contributed by atoms with Gasteiger partial charge in [-0.2, -0.15) is 14.9 Å². The Bertz CT molecular complexity index is 887. The van der Waals surface area contributed by atoms with Crippen molar-refractivity contribution in [1.29, 1.82) is 0 Å². The number of aromatic nitrogens is 3. The normalized spacial score (nSPS) is 10.9.